The van der Waals surface area contributed by atoms with Gasteiger partial charge in [-0.2, -0.15) is 0 Å². The first kappa shape index (κ1) is 8.56. The molecule has 0 amide bonds. The quantitative estimate of drug-likeness (QED) is 0.450. The maximum absolute atomic E-state index is 6.61. The van der Waals surface area contributed by atoms with Crippen LogP contribution in [0.1, 0.15) is 0 Å². The van der Waals surface area contributed by atoms with Crippen LogP contribution in [0.3, 0.4) is 0 Å². The third-order valence-electron chi connectivity index (χ3n) is 0.740. The lowest BCUT2D eigenvalue weighted by Crippen LogP contribution is -1.72. The molecule has 0 fully saturated rings. The molecule has 0 aromatic rings. The van der Waals surface area contributed by atoms with E-state index in [-0.39, 0.29) is 0 Å². The van der Waals surface area contributed by atoms with Gasteiger partial charge < -0.3 is 5.41 Å². The molecule has 0 heterocycles. The first-order valence-electron chi connectivity index (χ1n) is 2.82. The van der Waals surface area contributed by atoms with Gasteiger partial charge in [-0.05, 0) is 6.08 Å². The van der Waals surface area contributed by atoms with Gasteiger partial charge in [0.15, 0.2) is 0 Å². The maximum Gasteiger partial charge on any atom is 0.0558 e. The van der Waals surface area contributed by atoms with Gasteiger partial charge in [0.1, 0.15) is 0 Å². The van der Waals surface area contributed by atoms with Crippen LogP contribution in [0.5, 0.6) is 0 Å². The second-order valence-electron chi connectivity index (χ2n) is 1.53. The van der Waals surface area contributed by atoms with E-state index in [1.165, 1.54) is 6.21 Å². The summed E-state index contributed by atoms with van der Waals surface area (Å²) < 4.78 is 0. The van der Waals surface area contributed by atoms with Crippen molar-refractivity contribution in [3.8, 4) is 0 Å². The lowest BCUT2D eigenvalue weighted by Gasteiger charge is -1.83. The number of allylic oxidation sites excluding steroid dienone is 3. The molecule has 0 unspecified atom stereocenters. The van der Waals surface area contributed by atoms with Crippen molar-refractivity contribution in [1.82, 2.24) is 0 Å². The molecule has 2 nitrogen and oxygen atoms in total. The molecule has 52 valence electrons. The second-order valence-corrected chi connectivity index (χ2v) is 1.53. The average Bonchev–Trinajstić information content (AvgIpc) is 1.97. The van der Waals surface area contributed by atoms with E-state index in [9.17, 15) is 0 Å². The van der Waals surface area contributed by atoms with E-state index in [1.807, 2.05) is 0 Å². The Morgan fingerprint density at radius 2 is 2.20 bits per heavy atom. The molecule has 0 aromatic heterocycles. The van der Waals surface area contributed by atoms with Crippen molar-refractivity contribution in [2.24, 2.45) is 4.99 Å². The van der Waals surface area contributed by atoms with Gasteiger partial charge >= 0.3 is 0 Å². The number of rotatable bonds is 4. The fourth-order valence-corrected chi connectivity index (χ4v) is 0.355. The summed E-state index contributed by atoms with van der Waals surface area (Å²) in [4.78, 5) is 3.78. The zero-order valence-corrected chi connectivity index (χ0v) is 5.75. The molecule has 1 N–H and O–H groups in total. The van der Waals surface area contributed by atoms with Crippen LogP contribution in [0.2, 0.25) is 0 Å². The van der Waals surface area contributed by atoms with E-state index in [2.05, 4.69) is 18.2 Å². The molecule has 0 radical (unpaired) electrons. The highest BCUT2D eigenvalue weighted by atomic mass is 14.7. The largest absolute Gasteiger partial charge is 0.307 e. The number of hydrogen-bond donors (Lipinski definition) is 1. The van der Waals surface area contributed by atoms with Crippen molar-refractivity contribution >= 4 is 12.4 Å². The van der Waals surface area contributed by atoms with Crippen LogP contribution in [0.4, 0.5) is 0 Å². The highest BCUT2D eigenvalue weighted by Crippen LogP contribution is 1.92. The van der Waals surface area contributed by atoms with Gasteiger partial charge in [-0.1, -0.05) is 25.3 Å². The molecule has 0 aliphatic carbocycles. The topological polar surface area (TPSA) is 36.2 Å². The average molecular weight is 134 g/mol. The van der Waals surface area contributed by atoms with Gasteiger partial charge in [-0.15, -0.1) is 0 Å². The Morgan fingerprint density at radius 1 is 1.50 bits per heavy atom. The zero-order valence-electron chi connectivity index (χ0n) is 5.75. The highest BCUT2D eigenvalue weighted by molar-refractivity contribution is 6.14. The summed E-state index contributed by atoms with van der Waals surface area (Å²) in [6.45, 7) is 7.08. The minimum atomic E-state index is 0.614. The zero-order chi connectivity index (χ0) is 7.82. The van der Waals surface area contributed by atoms with E-state index in [1.54, 1.807) is 18.2 Å². The summed E-state index contributed by atoms with van der Waals surface area (Å²) >= 11 is 0. The fourth-order valence-electron chi connectivity index (χ4n) is 0.355. The van der Waals surface area contributed by atoms with Gasteiger partial charge in [0.25, 0.3) is 0 Å². The van der Waals surface area contributed by atoms with Crippen LogP contribution < -0.4 is 0 Å². The van der Waals surface area contributed by atoms with E-state index < -0.39 is 0 Å². The Hall–Kier alpha value is -1.44. The second kappa shape index (κ2) is 5.69. The van der Waals surface area contributed by atoms with E-state index in [0.717, 1.165) is 6.21 Å². The molecule has 0 aliphatic heterocycles. The van der Waals surface area contributed by atoms with Crippen molar-refractivity contribution in [2.45, 2.75) is 0 Å². The Balaban J connectivity index is 3.85. The summed E-state index contributed by atoms with van der Waals surface area (Å²) in [6, 6.07) is 0. The van der Waals surface area contributed by atoms with E-state index in [4.69, 9.17) is 5.41 Å². The molecule has 0 aliphatic rings. The van der Waals surface area contributed by atoms with E-state index in [0.29, 0.717) is 5.70 Å². The molecule has 0 spiro atoms. The predicted molar refractivity (Wildman–Crippen MR) is 45.8 cm³/mol. The molecule has 0 saturated carbocycles. The molecule has 0 rings (SSSR count). The monoisotopic (exact) mass is 134 g/mol. The molecule has 2 heteroatoms. The van der Waals surface area contributed by atoms with Crippen molar-refractivity contribution < 1.29 is 0 Å². The molecule has 0 saturated heterocycles. The summed E-state index contributed by atoms with van der Waals surface area (Å²) in [5.41, 5.74) is 0.614. The van der Waals surface area contributed by atoms with Crippen LogP contribution in [-0.4, -0.2) is 12.4 Å². The maximum atomic E-state index is 6.61. The number of hydrogen-bond acceptors (Lipinski definition) is 2. The molecule has 10 heavy (non-hydrogen) atoms. The predicted octanol–water partition coefficient (Wildman–Crippen LogP) is 1.96. The SMILES string of the molecule is C=C/C=C\C(=C)N=CC=N. The van der Waals surface area contributed by atoms with Crippen LogP contribution in [-0.2, 0) is 0 Å². The molecule has 0 aromatic carbocycles. The summed E-state index contributed by atoms with van der Waals surface area (Å²) in [5, 5.41) is 6.61. The van der Waals surface area contributed by atoms with Crippen LogP contribution in [0, 0.1) is 5.41 Å². The Morgan fingerprint density at radius 3 is 2.70 bits per heavy atom. The smallest absolute Gasteiger partial charge is 0.0558 e. The highest BCUT2D eigenvalue weighted by Gasteiger charge is 1.75. The molecule has 0 bridgehead atoms. The minimum absolute atomic E-state index is 0.614. The van der Waals surface area contributed by atoms with Gasteiger partial charge in [-0.25, -0.2) is 0 Å². The summed E-state index contributed by atoms with van der Waals surface area (Å²) in [6.07, 6.45) is 7.57. The standard InChI is InChI=1S/C8H10N2/c1-3-4-5-8(2)10-7-6-9/h3-7,9H,1-2H2/b5-4-,9-6?,10-7?. The number of nitrogens with zero attached hydrogens (tertiary/aromatic N) is 1. The van der Waals surface area contributed by atoms with Crippen molar-refractivity contribution in [3.63, 3.8) is 0 Å². The lowest BCUT2D eigenvalue weighted by atomic mass is 10.4. The Kier molecular flexibility index (Phi) is 4.87. The minimum Gasteiger partial charge on any atom is -0.307 e. The van der Waals surface area contributed by atoms with E-state index >= 15 is 0 Å². The van der Waals surface area contributed by atoms with Crippen LogP contribution in [0.15, 0.2) is 42.1 Å². The normalized spacial score (nSPS) is 10.4. The molecular weight excluding hydrogens is 124 g/mol. The Bertz CT molecular complexity index is 167. The van der Waals surface area contributed by atoms with Crippen LogP contribution in [0.25, 0.3) is 0 Å². The van der Waals surface area contributed by atoms with Crippen molar-refractivity contribution in [2.75, 3.05) is 0 Å². The summed E-state index contributed by atoms with van der Waals surface area (Å²) in [7, 11) is 0. The first-order valence-corrected chi connectivity index (χ1v) is 2.82. The van der Waals surface area contributed by atoms with Gasteiger partial charge in [-0.3, -0.25) is 4.99 Å². The first-order chi connectivity index (χ1) is 4.81. The molecule has 0 atom stereocenters. The van der Waals surface area contributed by atoms with Gasteiger partial charge in [0, 0.05) is 12.4 Å². The van der Waals surface area contributed by atoms with Crippen molar-refractivity contribution in [3.05, 3.63) is 37.1 Å². The van der Waals surface area contributed by atoms with Gasteiger partial charge in [0.2, 0.25) is 0 Å². The Labute approximate surface area is 60.8 Å². The third-order valence-corrected chi connectivity index (χ3v) is 0.740. The van der Waals surface area contributed by atoms with Gasteiger partial charge in [0.05, 0.1) is 5.70 Å². The lowest BCUT2D eigenvalue weighted by molar-refractivity contribution is 1.46. The van der Waals surface area contributed by atoms with Crippen molar-refractivity contribution in [1.29, 1.82) is 5.41 Å². The number of aliphatic imine (C=N–C) groups is 1. The number of nitrogens with one attached hydrogen (secondary N) is 1. The molecular formula is C8H10N2. The fraction of sp³-hybridized carbons (Fsp3) is 0. The summed E-state index contributed by atoms with van der Waals surface area (Å²) in [5.74, 6) is 0. The third kappa shape index (κ3) is 4.71. The van der Waals surface area contributed by atoms with Crippen LogP contribution >= 0.6 is 0 Å².